The van der Waals surface area contributed by atoms with Gasteiger partial charge in [0.25, 0.3) is 0 Å². The topological polar surface area (TPSA) is 46.5 Å². The van der Waals surface area contributed by atoms with Gasteiger partial charge in [0.2, 0.25) is 5.79 Å². The minimum Gasteiger partial charge on any atom is -0.430 e. The smallest absolute Gasteiger partial charge is 0.332 e. The van der Waals surface area contributed by atoms with E-state index in [0.29, 0.717) is 12.8 Å². The highest BCUT2D eigenvalue weighted by Gasteiger charge is 2.27. The molecular weight excluding hydrogens is 180 g/mol. The first-order chi connectivity index (χ1) is 6.58. The summed E-state index contributed by atoms with van der Waals surface area (Å²) in [6, 6.07) is 0. The molecule has 1 N–H and O–H groups in total. The van der Waals surface area contributed by atoms with E-state index in [1.807, 2.05) is 0 Å². The van der Waals surface area contributed by atoms with Crippen molar-refractivity contribution in [2.24, 2.45) is 0 Å². The molecule has 0 aliphatic rings. The van der Waals surface area contributed by atoms with Gasteiger partial charge in [0.1, 0.15) is 0 Å². The molecule has 3 nitrogen and oxygen atoms in total. The SMILES string of the molecule is C=CC(=O)OC(O)(CC)CCCCC. The molecule has 0 saturated heterocycles. The van der Waals surface area contributed by atoms with Gasteiger partial charge in [-0.1, -0.05) is 33.3 Å². The van der Waals surface area contributed by atoms with E-state index in [1.54, 1.807) is 6.92 Å². The molecule has 0 aromatic rings. The zero-order chi connectivity index (χ0) is 11.0. The van der Waals surface area contributed by atoms with Crippen molar-refractivity contribution in [3.8, 4) is 0 Å². The minimum atomic E-state index is -1.31. The van der Waals surface area contributed by atoms with Gasteiger partial charge in [0.15, 0.2) is 0 Å². The Morgan fingerprint density at radius 2 is 2.14 bits per heavy atom. The molecule has 1 atom stereocenters. The second-order valence-electron chi connectivity index (χ2n) is 3.38. The van der Waals surface area contributed by atoms with Crippen molar-refractivity contribution in [3.63, 3.8) is 0 Å². The van der Waals surface area contributed by atoms with Crippen molar-refractivity contribution in [3.05, 3.63) is 12.7 Å². The second kappa shape index (κ2) is 6.60. The number of ether oxygens (including phenoxy) is 1. The van der Waals surface area contributed by atoms with Crippen molar-refractivity contribution < 1.29 is 14.6 Å². The first-order valence-corrected chi connectivity index (χ1v) is 5.15. The zero-order valence-corrected chi connectivity index (χ0v) is 9.08. The number of hydrogen-bond donors (Lipinski definition) is 1. The summed E-state index contributed by atoms with van der Waals surface area (Å²) in [6.45, 7) is 7.17. The lowest BCUT2D eigenvalue weighted by atomic mass is 10.1. The third-order valence-corrected chi connectivity index (χ3v) is 2.18. The van der Waals surface area contributed by atoms with Crippen molar-refractivity contribution in [2.75, 3.05) is 0 Å². The Balaban J connectivity index is 4.03. The summed E-state index contributed by atoms with van der Waals surface area (Å²) < 4.78 is 4.88. The summed E-state index contributed by atoms with van der Waals surface area (Å²) >= 11 is 0. The number of unbranched alkanes of at least 4 members (excludes halogenated alkanes) is 2. The predicted octanol–water partition coefficient (Wildman–Crippen LogP) is 2.39. The van der Waals surface area contributed by atoms with Gasteiger partial charge in [-0.15, -0.1) is 0 Å². The third kappa shape index (κ3) is 5.02. The molecule has 0 rings (SSSR count). The molecule has 14 heavy (non-hydrogen) atoms. The van der Waals surface area contributed by atoms with E-state index in [0.717, 1.165) is 25.3 Å². The molecule has 82 valence electrons. The van der Waals surface area contributed by atoms with Crippen LogP contribution in [0.5, 0.6) is 0 Å². The maximum atomic E-state index is 10.9. The Hall–Kier alpha value is -0.830. The van der Waals surface area contributed by atoms with Crippen molar-refractivity contribution in [2.45, 2.75) is 51.7 Å². The Bertz CT molecular complexity index is 189. The van der Waals surface area contributed by atoms with Gasteiger partial charge >= 0.3 is 5.97 Å². The number of carbonyl (C=O) groups excluding carboxylic acids is 1. The van der Waals surface area contributed by atoms with Crippen LogP contribution < -0.4 is 0 Å². The maximum absolute atomic E-state index is 10.9. The zero-order valence-electron chi connectivity index (χ0n) is 9.08. The molecule has 0 aromatic carbocycles. The monoisotopic (exact) mass is 200 g/mol. The van der Waals surface area contributed by atoms with E-state index in [-0.39, 0.29) is 0 Å². The normalized spacial score (nSPS) is 14.5. The summed E-state index contributed by atoms with van der Waals surface area (Å²) in [5.41, 5.74) is 0. The van der Waals surface area contributed by atoms with Crippen LogP contribution in [0.25, 0.3) is 0 Å². The fourth-order valence-corrected chi connectivity index (χ4v) is 1.18. The Morgan fingerprint density at radius 3 is 2.57 bits per heavy atom. The molecule has 0 fully saturated rings. The minimum absolute atomic E-state index is 0.413. The largest absolute Gasteiger partial charge is 0.430 e. The summed E-state index contributed by atoms with van der Waals surface area (Å²) in [5, 5.41) is 9.86. The molecule has 3 heteroatoms. The summed E-state index contributed by atoms with van der Waals surface area (Å²) in [7, 11) is 0. The Labute approximate surface area is 85.8 Å². The lowest BCUT2D eigenvalue weighted by Gasteiger charge is -2.25. The van der Waals surface area contributed by atoms with E-state index >= 15 is 0 Å². The van der Waals surface area contributed by atoms with Crippen LogP contribution in [0.3, 0.4) is 0 Å². The van der Waals surface area contributed by atoms with Crippen LogP contribution in [0, 0.1) is 0 Å². The summed E-state index contributed by atoms with van der Waals surface area (Å²) in [4.78, 5) is 10.9. The molecule has 0 heterocycles. The van der Waals surface area contributed by atoms with E-state index in [4.69, 9.17) is 4.74 Å². The van der Waals surface area contributed by atoms with E-state index < -0.39 is 11.8 Å². The molecule has 0 aliphatic carbocycles. The standard InChI is InChI=1S/C11H20O3/c1-4-7-8-9-11(13,6-3)14-10(12)5-2/h5,13H,2,4,6-9H2,1,3H3. The van der Waals surface area contributed by atoms with E-state index in [2.05, 4.69) is 13.5 Å². The Kier molecular flexibility index (Phi) is 6.21. The first kappa shape index (κ1) is 13.2. The number of rotatable bonds is 7. The first-order valence-electron chi connectivity index (χ1n) is 5.15. The Morgan fingerprint density at radius 1 is 1.50 bits per heavy atom. The van der Waals surface area contributed by atoms with Crippen LogP contribution in [-0.4, -0.2) is 16.9 Å². The van der Waals surface area contributed by atoms with Crippen molar-refractivity contribution in [1.29, 1.82) is 0 Å². The maximum Gasteiger partial charge on any atom is 0.332 e. The lowest BCUT2D eigenvalue weighted by Crippen LogP contribution is -2.33. The summed E-state index contributed by atoms with van der Waals surface area (Å²) in [6.07, 6.45) is 4.96. The number of aliphatic hydroxyl groups is 1. The fourth-order valence-electron chi connectivity index (χ4n) is 1.18. The highest BCUT2D eigenvalue weighted by atomic mass is 16.7. The molecule has 0 saturated carbocycles. The third-order valence-electron chi connectivity index (χ3n) is 2.18. The van der Waals surface area contributed by atoms with Gasteiger partial charge in [0.05, 0.1) is 0 Å². The van der Waals surface area contributed by atoms with E-state index in [1.165, 1.54) is 0 Å². The van der Waals surface area contributed by atoms with Gasteiger partial charge in [-0.25, -0.2) is 4.79 Å². The van der Waals surface area contributed by atoms with Crippen LogP contribution in [0.2, 0.25) is 0 Å². The van der Waals surface area contributed by atoms with Gasteiger partial charge in [-0.2, -0.15) is 0 Å². The molecule has 0 spiro atoms. The molecule has 0 aliphatic heterocycles. The fraction of sp³-hybridized carbons (Fsp3) is 0.727. The lowest BCUT2D eigenvalue weighted by molar-refractivity contribution is -0.208. The van der Waals surface area contributed by atoms with Crippen LogP contribution in [-0.2, 0) is 9.53 Å². The summed E-state index contributed by atoms with van der Waals surface area (Å²) in [5.74, 6) is -1.87. The number of esters is 1. The number of carbonyl (C=O) groups is 1. The molecule has 0 radical (unpaired) electrons. The predicted molar refractivity (Wildman–Crippen MR) is 55.7 cm³/mol. The van der Waals surface area contributed by atoms with Crippen molar-refractivity contribution >= 4 is 5.97 Å². The molecule has 0 amide bonds. The van der Waals surface area contributed by atoms with Gasteiger partial charge in [0, 0.05) is 18.9 Å². The molecule has 0 aromatic heterocycles. The quantitative estimate of drug-likeness (QED) is 0.297. The van der Waals surface area contributed by atoms with Gasteiger partial charge in [-0.3, -0.25) is 0 Å². The number of hydrogen-bond acceptors (Lipinski definition) is 3. The molecule has 0 bridgehead atoms. The highest BCUT2D eigenvalue weighted by molar-refractivity contribution is 5.81. The average molecular weight is 200 g/mol. The molecular formula is C11H20O3. The van der Waals surface area contributed by atoms with Crippen LogP contribution in [0.4, 0.5) is 0 Å². The van der Waals surface area contributed by atoms with Gasteiger partial charge < -0.3 is 9.84 Å². The van der Waals surface area contributed by atoms with Gasteiger partial charge in [-0.05, 0) is 6.42 Å². The van der Waals surface area contributed by atoms with Crippen LogP contribution in [0.15, 0.2) is 12.7 Å². The molecule has 1 unspecified atom stereocenters. The highest BCUT2D eigenvalue weighted by Crippen LogP contribution is 2.20. The average Bonchev–Trinajstić information content (AvgIpc) is 2.18. The van der Waals surface area contributed by atoms with E-state index in [9.17, 15) is 9.90 Å². The second-order valence-corrected chi connectivity index (χ2v) is 3.38. The van der Waals surface area contributed by atoms with Crippen LogP contribution >= 0.6 is 0 Å². The van der Waals surface area contributed by atoms with Crippen molar-refractivity contribution in [1.82, 2.24) is 0 Å². The van der Waals surface area contributed by atoms with Crippen LogP contribution in [0.1, 0.15) is 46.0 Å².